The normalized spacial score (nSPS) is 23.5. The van der Waals surface area contributed by atoms with Crippen LogP contribution in [-0.4, -0.2) is 61.9 Å². The van der Waals surface area contributed by atoms with E-state index in [2.05, 4.69) is 71.0 Å². The number of aryl methyl sites for hydroxylation is 1. The minimum absolute atomic E-state index is 0.0198. The van der Waals surface area contributed by atoms with Gasteiger partial charge in [-0.2, -0.15) is 0 Å². The summed E-state index contributed by atoms with van der Waals surface area (Å²) in [5, 5.41) is 11.6. The van der Waals surface area contributed by atoms with Gasteiger partial charge in [0, 0.05) is 37.3 Å². The first-order valence-corrected chi connectivity index (χ1v) is 15.7. The zero-order valence-corrected chi connectivity index (χ0v) is 24.8. The summed E-state index contributed by atoms with van der Waals surface area (Å²) in [5.41, 5.74) is 3.73. The van der Waals surface area contributed by atoms with Crippen molar-refractivity contribution in [2.24, 2.45) is 0 Å². The van der Waals surface area contributed by atoms with Crippen LogP contribution in [0, 0.1) is 17.0 Å². The number of hydrogen-bond acceptors (Lipinski definition) is 5. The van der Waals surface area contributed by atoms with Crippen molar-refractivity contribution < 1.29 is 9.72 Å². The number of carbonyl (C=O) groups excluding carboxylic acids is 1. The minimum Gasteiger partial charge on any atom is -0.338 e. The number of imidazole rings is 1. The smallest absolute Gasteiger partial charge is 0.282 e. The first kappa shape index (κ1) is 27.8. The summed E-state index contributed by atoms with van der Waals surface area (Å²) in [4.78, 5) is 34.0. The Morgan fingerprint density at radius 3 is 2.28 bits per heavy atom. The van der Waals surface area contributed by atoms with Gasteiger partial charge >= 0.3 is 0 Å². The van der Waals surface area contributed by atoms with Crippen molar-refractivity contribution in [1.29, 1.82) is 0 Å². The van der Waals surface area contributed by atoms with Crippen LogP contribution in [-0.2, 0) is 5.41 Å². The van der Waals surface area contributed by atoms with E-state index in [1.165, 1.54) is 30.0 Å². The Bertz CT molecular complexity index is 1630. The second-order valence-electron chi connectivity index (χ2n) is 12.7. The number of aromatic nitrogens is 2. The SMILES string of the molecule is Cc1nc2ccccc2n1[C@H]1C[C@H]2CC[C@@H](C1)N2CCC1(c2ccccc2)CCN(C(=O)c2ccccc2[N+](=O)[O-])CC1. The molecule has 3 atom stereocenters. The second kappa shape index (κ2) is 11.2. The van der Waals surface area contributed by atoms with Crippen LogP contribution in [0.1, 0.15) is 72.7 Å². The maximum atomic E-state index is 13.4. The molecule has 1 aromatic heterocycles. The van der Waals surface area contributed by atoms with Crippen LogP contribution in [0.5, 0.6) is 0 Å². The Morgan fingerprint density at radius 2 is 1.56 bits per heavy atom. The van der Waals surface area contributed by atoms with Gasteiger partial charge in [-0.05, 0) is 87.6 Å². The molecule has 8 heteroatoms. The van der Waals surface area contributed by atoms with E-state index in [1.807, 2.05) is 4.90 Å². The van der Waals surface area contributed by atoms with Crippen LogP contribution in [0.15, 0.2) is 78.9 Å². The summed E-state index contributed by atoms with van der Waals surface area (Å²) in [5.74, 6) is 0.876. The summed E-state index contributed by atoms with van der Waals surface area (Å²) in [6.45, 7) is 4.40. The van der Waals surface area contributed by atoms with Gasteiger partial charge in [0.1, 0.15) is 11.4 Å². The highest BCUT2D eigenvalue weighted by atomic mass is 16.6. The van der Waals surface area contributed by atoms with Crippen molar-refractivity contribution in [1.82, 2.24) is 19.4 Å². The summed E-state index contributed by atoms with van der Waals surface area (Å²) < 4.78 is 2.49. The lowest BCUT2D eigenvalue weighted by atomic mass is 9.70. The lowest BCUT2D eigenvalue weighted by molar-refractivity contribution is -0.385. The number of piperidine rings is 2. The molecule has 2 bridgehead atoms. The molecule has 3 aromatic carbocycles. The van der Waals surface area contributed by atoms with Gasteiger partial charge in [-0.1, -0.05) is 54.6 Å². The molecule has 0 N–H and O–H groups in total. The van der Waals surface area contributed by atoms with Crippen LogP contribution < -0.4 is 0 Å². The molecule has 4 heterocycles. The third-order valence-electron chi connectivity index (χ3n) is 10.6. The predicted octanol–water partition coefficient (Wildman–Crippen LogP) is 6.69. The molecule has 7 rings (SSSR count). The quantitative estimate of drug-likeness (QED) is 0.181. The molecular formula is C35H39N5O3. The molecule has 0 unspecified atom stereocenters. The zero-order valence-electron chi connectivity index (χ0n) is 24.8. The molecule has 4 aromatic rings. The van der Waals surface area contributed by atoms with E-state index in [4.69, 9.17) is 4.98 Å². The minimum atomic E-state index is -0.459. The lowest BCUT2D eigenvalue weighted by Crippen LogP contribution is -2.49. The van der Waals surface area contributed by atoms with Gasteiger partial charge in [0.25, 0.3) is 11.6 Å². The average molecular weight is 578 g/mol. The fraction of sp³-hybridized carbons (Fsp3) is 0.429. The topological polar surface area (TPSA) is 84.5 Å². The van der Waals surface area contributed by atoms with Crippen LogP contribution in [0.2, 0.25) is 0 Å². The van der Waals surface area contributed by atoms with Gasteiger partial charge < -0.3 is 9.47 Å². The van der Waals surface area contributed by atoms with Gasteiger partial charge in [0.15, 0.2) is 0 Å². The second-order valence-corrected chi connectivity index (χ2v) is 12.7. The van der Waals surface area contributed by atoms with Gasteiger partial charge in [-0.3, -0.25) is 19.8 Å². The molecule has 0 aliphatic carbocycles. The lowest BCUT2D eigenvalue weighted by Gasteiger charge is -2.45. The van der Waals surface area contributed by atoms with Crippen molar-refractivity contribution >= 4 is 22.6 Å². The molecule has 8 nitrogen and oxygen atoms in total. The van der Waals surface area contributed by atoms with E-state index in [1.54, 1.807) is 18.2 Å². The Balaban J connectivity index is 1.07. The number of carbonyl (C=O) groups is 1. The van der Waals surface area contributed by atoms with E-state index < -0.39 is 4.92 Å². The number of benzene rings is 3. The summed E-state index contributed by atoms with van der Waals surface area (Å²) in [6.07, 6.45) is 7.59. The third kappa shape index (κ3) is 5.01. The fourth-order valence-electron chi connectivity index (χ4n) is 8.39. The van der Waals surface area contributed by atoms with Gasteiger partial charge in [0.05, 0.1) is 16.0 Å². The molecule has 3 aliphatic rings. The molecule has 222 valence electrons. The number of rotatable bonds is 7. The predicted molar refractivity (Wildman–Crippen MR) is 167 cm³/mol. The number of nitro groups is 1. The number of fused-ring (bicyclic) bond motifs is 3. The number of hydrogen-bond donors (Lipinski definition) is 0. The molecule has 3 saturated heterocycles. The van der Waals surface area contributed by atoms with Crippen molar-refractivity contribution in [3.05, 3.63) is 106 Å². The summed E-state index contributed by atoms with van der Waals surface area (Å²) >= 11 is 0. The van der Waals surface area contributed by atoms with E-state index in [9.17, 15) is 14.9 Å². The number of para-hydroxylation sites is 3. The van der Waals surface area contributed by atoms with E-state index in [0.29, 0.717) is 31.2 Å². The van der Waals surface area contributed by atoms with Crippen molar-refractivity contribution in [3.63, 3.8) is 0 Å². The molecule has 0 saturated carbocycles. The first-order valence-electron chi connectivity index (χ1n) is 15.7. The molecule has 0 spiro atoms. The molecule has 43 heavy (non-hydrogen) atoms. The van der Waals surface area contributed by atoms with E-state index >= 15 is 0 Å². The van der Waals surface area contributed by atoms with Crippen LogP contribution in [0.4, 0.5) is 5.69 Å². The molecule has 0 radical (unpaired) electrons. The van der Waals surface area contributed by atoms with Gasteiger partial charge in [0.2, 0.25) is 0 Å². The summed E-state index contributed by atoms with van der Waals surface area (Å²) in [6, 6.07) is 27.3. The summed E-state index contributed by atoms with van der Waals surface area (Å²) in [7, 11) is 0. The Labute approximate surface area is 252 Å². The highest BCUT2D eigenvalue weighted by Gasteiger charge is 2.44. The Kier molecular flexibility index (Phi) is 7.25. The molecule has 3 fully saturated rings. The fourth-order valence-corrected chi connectivity index (χ4v) is 8.39. The maximum absolute atomic E-state index is 13.4. The number of likely N-dealkylation sites (tertiary alicyclic amines) is 1. The maximum Gasteiger partial charge on any atom is 0.282 e. The van der Waals surface area contributed by atoms with Crippen molar-refractivity contribution in [2.75, 3.05) is 19.6 Å². The highest BCUT2D eigenvalue weighted by Crippen LogP contribution is 2.45. The average Bonchev–Trinajstić information content (AvgIpc) is 3.50. The molecular weight excluding hydrogens is 538 g/mol. The number of nitro benzene ring substituents is 1. The van der Waals surface area contributed by atoms with Crippen LogP contribution in [0.25, 0.3) is 11.0 Å². The van der Waals surface area contributed by atoms with E-state index in [-0.39, 0.29) is 22.6 Å². The standard InChI is InChI=1S/C35H39N5O3/c1-25-36-31-12-6-8-14-33(31)39(25)29-23-27-15-16-28(24-29)38(27)22-19-35(26-9-3-2-4-10-26)17-20-37(21-18-35)34(41)30-11-5-7-13-32(30)40(42)43/h2-14,27-29H,15-24H2,1H3/t27-,28+,29+. The number of amides is 1. The zero-order chi connectivity index (χ0) is 29.6. The van der Waals surface area contributed by atoms with Crippen molar-refractivity contribution in [2.45, 2.75) is 75.4 Å². The van der Waals surface area contributed by atoms with Gasteiger partial charge in [-0.25, -0.2) is 4.98 Å². The third-order valence-corrected chi connectivity index (χ3v) is 10.6. The van der Waals surface area contributed by atoms with E-state index in [0.717, 1.165) is 50.0 Å². The largest absolute Gasteiger partial charge is 0.338 e. The van der Waals surface area contributed by atoms with Crippen LogP contribution in [0.3, 0.4) is 0 Å². The highest BCUT2D eigenvalue weighted by molar-refractivity contribution is 5.98. The van der Waals surface area contributed by atoms with Crippen LogP contribution >= 0.6 is 0 Å². The Hall–Kier alpha value is -4.04. The number of nitrogens with zero attached hydrogens (tertiary/aromatic N) is 5. The molecule has 3 aliphatic heterocycles. The Morgan fingerprint density at radius 1 is 0.907 bits per heavy atom. The first-order chi connectivity index (χ1) is 20.9. The molecule has 1 amide bonds. The van der Waals surface area contributed by atoms with Gasteiger partial charge in [-0.15, -0.1) is 0 Å². The van der Waals surface area contributed by atoms with Crippen molar-refractivity contribution in [3.8, 4) is 0 Å². The monoisotopic (exact) mass is 577 g/mol.